The molecule has 0 aliphatic carbocycles. The molecule has 13 heavy (non-hydrogen) atoms. The Morgan fingerprint density at radius 3 is 2.31 bits per heavy atom. The predicted molar refractivity (Wildman–Crippen MR) is 56.6 cm³/mol. The van der Waals surface area contributed by atoms with Gasteiger partial charge in [-0.15, -0.1) is 0 Å². The molecule has 0 atom stereocenters. The minimum absolute atomic E-state index is 0.461. The number of rotatable bonds is 0. The Balaban J connectivity index is 0.000000132. The number of thioether (sulfide) groups is 1. The van der Waals surface area contributed by atoms with Gasteiger partial charge in [0.2, 0.25) is 0 Å². The molecule has 0 amide bonds. The van der Waals surface area contributed by atoms with Crippen molar-refractivity contribution < 1.29 is 0 Å². The second-order valence-electron chi connectivity index (χ2n) is 2.49. The Kier molecular flexibility index (Phi) is 5.28. The second kappa shape index (κ2) is 6.68. The second-order valence-corrected chi connectivity index (χ2v) is 3.72. The van der Waals surface area contributed by atoms with Gasteiger partial charge < -0.3 is 11.1 Å². The Morgan fingerprint density at radius 1 is 1.31 bits per heavy atom. The van der Waals surface area contributed by atoms with Gasteiger partial charge in [-0.2, -0.15) is 11.8 Å². The minimum Gasteiger partial charge on any atom is -0.382 e. The van der Waals surface area contributed by atoms with E-state index in [1.807, 2.05) is 11.8 Å². The van der Waals surface area contributed by atoms with Crippen LogP contribution in [0.5, 0.6) is 0 Å². The van der Waals surface area contributed by atoms with Crippen LogP contribution < -0.4 is 11.1 Å². The average molecular weight is 198 g/mol. The van der Waals surface area contributed by atoms with Crippen LogP contribution in [-0.2, 0) is 0 Å². The lowest BCUT2D eigenvalue weighted by atomic mass is 10.6. The van der Waals surface area contributed by atoms with E-state index in [1.54, 1.807) is 12.4 Å². The number of hydrogen-bond acceptors (Lipinski definition) is 5. The molecule has 2 rings (SSSR count). The summed E-state index contributed by atoms with van der Waals surface area (Å²) in [6.07, 6.45) is 4.63. The van der Waals surface area contributed by atoms with Crippen LogP contribution in [0.1, 0.15) is 0 Å². The van der Waals surface area contributed by atoms with Crippen molar-refractivity contribution in [3.8, 4) is 0 Å². The van der Waals surface area contributed by atoms with Gasteiger partial charge in [-0.05, 0) is 0 Å². The van der Waals surface area contributed by atoms with E-state index in [-0.39, 0.29) is 0 Å². The van der Waals surface area contributed by atoms with Crippen molar-refractivity contribution in [2.24, 2.45) is 0 Å². The zero-order valence-electron chi connectivity index (χ0n) is 7.44. The fourth-order valence-electron chi connectivity index (χ4n) is 0.826. The SMILES string of the molecule is C1CSCCN1.Nc1cnccn1. The maximum absolute atomic E-state index is 5.18. The summed E-state index contributed by atoms with van der Waals surface area (Å²) < 4.78 is 0. The summed E-state index contributed by atoms with van der Waals surface area (Å²) in [6.45, 7) is 2.43. The molecule has 5 heteroatoms. The number of nitrogens with two attached hydrogens (primary N) is 1. The number of anilines is 1. The molecule has 0 bridgehead atoms. The molecular formula is C8H14N4S. The van der Waals surface area contributed by atoms with E-state index in [0.717, 1.165) is 0 Å². The topological polar surface area (TPSA) is 63.8 Å². The van der Waals surface area contributed by atoms with E-state index in [9.17, 15) is 0 Å². The molecule has 1 aliphatic rings. The van der Waals surface area contributed by atoms with Crippen LogP contribution in [0.3, 0.4) is 0 Å². The van der Waals surface area contributed by atoms with Gasteiger partial charge in [0.25, 0.3) is 0 Å². The summed E-state index contributed by atoms with van der Waals surface area (Å²) in [5.41, 5.74) is 5.18. The van der Waals surface area contributed by atoms with E-state index in [4.69, 9.17) is 5.73 Å². The largest absolute Gasteiger partial charge is 0.382 e. The lowest BCUT2D eigenvalue weighted by Crippen LogP contribution is -2.24. The molecule has 2 heterocycles. The van der Waals surface area contributed by atoms with E-state index in [1.165, 1.54) is 30.8 Å². The van der Waals surface area contributed by atoms with Crippen molar-refractivity contribution >= 4 is 17.6 Å². The molecule has 0 unspecified atom stereocenters. The van der Waals surface area contributed by atoms with E-state index < -0.39 is 0 Å². The van der Waals surface area contributed by atoms with Crippen LogP contribution in [0.2, 0.25) is 0 Å². The molecule has 72 valence electrons. The Bertz CT molecular complexity index is 201. The molecule has 3 N–H and O–H groups in total. The van der Waals surface area contributed by atoms with Gasteiger partial charge in [-0.3, -0.25) is 4.98 Å². The summed E-state index contributed by atoms with van der Waals surface area (Å²) in [5, 5.41) is 3.26. The number of nitrogen functional groups attached to an aromatic ring is 1. The molecule has 0 aromatic carbocycles. The fourth-order valence-corrected chi connectivity index (χ4v) is 1.61. The maximum atomic E-state index is 5.18. The molecule has 1 fully saturated rings. The highest BCUT2D eigenvalue weighted by molar-refractivity contribution is 7.99. The Morgan fingerprint density at radius 2 is 2.08 bits per heavy atom. The fraction of sp³-hybridized carbons (Fsp3) is 0.500. The molecule has 1 saturated heterocycles. The maximum Gasteiger partial charge on any atom is 0.141 e. The normalized spacial score (nSPS) is 15.7. The Hall–Kier alpha value is -0.810. The zero-order valence-corrected chi connectivity index (χ0v) is 8.26. The smallest absolute Gasteiger partial charge is 0.141 e. The molecule has 1 aromatic heterocycles. The lowest BCUT2D eigenvalue weighted by Gasteiger charge is -2.08. The summed E-state index contributed by atoms with van der Waals surface area (Å²) in [6, 6.07) is 0. The van der Waals surface area contributed by atoms with E-state index in [2.05, 4.69) is 15.3 Å². The van der Waals surface area contributed by atoms with E-state index >= 15 is 0 Å². The lowest BCUT2D eigenvalue weighted by molar-refractivity contribution is 0.756. The van der Waals surface area contributed by atoms with Crippen LogP contribution >= 0.6 is 11.8 Å². The number of hydrogen-bond donors (Lipinski definition) is 2. The van der Waals surface area contributed by atoms with Gasteiger partial charge >= 0.3 is 0 Å². The third kappa shape index (κ3) is 5.43. The third-order valence-corrected chi connectivity index (χ3v) is 2.42. The molecule has 0 saturated carbocycles. The quantitative estimate of drug-likeness (QED) is 0.631. The number of aromatic nitrogens is 2. The highest BCUT2D eigenvalue weighted by Crippen LogP contribution is 1.99. The number of nitrogens with zero attached hydrogens (tertiary/aromatic N) is 2. The van der Waals surface area contributed by atoms with Crippen LogP contribution in [-0.4, -0.2) is 34.6 Å². The molecule has 4 nitrogen and oxygen atoms in total. The zero-order chi connectivity index (χ0) is 9.36. The summed E-state index contributed by atoms with van der Waals surface area (Å²) >= 11 is 2.03. The Labute approximate surface area is 82.3 Å². The molecule has 0 spiro atoms. The highest BCUT2D eigenvalue weighted by atomic mass is 32.2. The standard InChI is InChI=1S/C4H5N3.C4H9NS/c5-4-3-6-1-2-7-4;1-3-6-4-2-5-1/h1-3H,(H2,5,7);5H,1-4H2. The van der Waals surface area contributed by atoms with Gasteiger partial charge in [-0.25, -0.2) is 4.98 Å². The van der Waals surface area contributed by atoms with Crippen LogP contribution in [0.25, 0.3) is 0 Å². The van der Waals surface area contributed by atoms with Gasteiger partial charge in [0.15, 0.2) is 0 Å². The van der Waals surface area contributed by atoms with Crippen molar-refractivity contribution in [3.05, 3.63) is 18.6 Å². The summed E-state index contributed by atoms with van der Waals surface area (Å²) in [4.78, 5) is 7.39. The van der Waals surface area contributed by atoms with Crippen molar-refractivity contribution in [2.75, 3.05) is 30.3 Å². The van der Waals surface area contributed by atoms with Crippen molar-refractivity contribution in [3.63, 3.8) is 0 Å². The first kappa shape index (κ1) is 10.3. The van der Waals surface area contributed by atoms with Crippen LogP contribution in [0.15, 0.2) is 18.6 Å². The minimum atomic E-state index is 0.461. The number of nitrogens with one attached hydrogen (secondary N) is 1. The average Bonchev–Trinajstić information content (AvgIpc) is 2.22. The first-order chi connectivity index (χ1) is 6.39. The van der Waals surface area contributed by atoms with Crippen molar-refractivity contribution in [1.82, 2.24) is 15.3 Å². The van der Waals surface area contributed by atoms with Gasteiger partial charge in [-0.1, -0.05) is 0 Å². The van der Waals surface area contributed by atoms with E-state index in [0.29, 0.717) is 5.82 Å². The van der Waals surface area contributed by atoms with Crippen LogP contribution in [0.4, 0.5) is 5.82 Å². The first-order valence-electron chi connectivity index (χ1n) is 4.19. The molecule has 1 aromatic rings. The summed E-state index contributed by atoms with van der Waals surface area (Å²) in [5.74, 6) is 3.07. The molecular weight excluding hydrogens is 184 g/mol. The predicted octanol–water partition coefficient (Wildman–Crippen LogP) is 0.382. The van der Waals surface area contributed by atoms with Gasteiger partial charge in [0.05, 0.1) is 6.20 Å². The van der Waals surface area contributed by atoms with Gasteiger partial charge in [0.1, 0.15) is 5.82 Å². The highest BCUT2D eigenvalue weighted by Gasteiger charge is 1.93. The van der Waals surface area contributed by atoms with Crippen LogP contribution in [0, 0.1) is 0 Å². The first-order valence-corrected chi connectivity index (χ1v) is 5.35. The van der Waals surface area contributed by atoms with Crippen molar-refractivity contribution in [2.45, 2.75) is 0 Å². The monoisotopic (exact) mass is 198 g/mol. The van der Waals surface area contributed by atoms with Crippen molar-refractivity contribution in [1.29, 1.82) is 0 Å². The van der Waals surface area contributed by atoms with Gasteiger partial charge in [0, 0.05) is 37.0 Å². The third-order valence-electron chi connectivity index (χ3n) is 1.43. The molecule has 0 radical (unpaired) electrons. The summed E-state index contributed by atoms with van der Waals surface area (Å²) in [7, 11) is 0. The molecule has 1 aliphatic heterocycles.